The maximum absolute atomic E-state index is 13.6. The fourth-order valence-corrected chi connectivity index (χ4v) is 5.24. The quantitative estimate of drug-likeness (QED) is 0.406. The molecule has 0 saturated carbocycles. The van der Waals surface area contributed by atoms with E-state index in [-0.39, 0.29) is 12.4 Å². The number of nitrogens with zero attached hydrogens (tertiary/aromatic N) is 6. The molecule has 1 fully saturated rings. The average Bonchev–Trinajstić information content (AvgIpc) is 3.38. The highest BCUT2D eigenvalue weighted by Gasteiger charge is 2.28. The molecular formula is C24H30F2N6O3S. The first-order valence-electron chi connectivity index (χ1n) is 11.6. The number of benzene rings is 2. The van der Waals surface area contributed by atoms with Gasteiger partial charge >= 0.3 is 16.6 Å². The summed E-state index contributed by atoms with van der Waals surface area (Å²) < 4.78 is 60.5. The highest BCUT2D eigenvalue weighted by atomic mass is 32.2. The second-order valence-electron chi connectivity index (χ2n) is 8.76. The molecule has 194 valence electrons. The molecule has 0 atom stereocenters. The summed E-state index contributed by atoms with van der Waals surface area (Å²) in [5.74, 6) is -0.761. The molecule has 0 N–H and O–H groups in total. The van der Waals surface area contributed by atoms with E-state index in [1.807, 2.05) is 6.07 Å². The standard InChI is InChI=1S/C24H30F2N6O3S/c1-29-12-15-31(16-13-29)17-14-30(2)36(33,34)32(21-6-4-3-5-7-21)18-19-8-10-20(11-9-19)23-27-28-24(35-23)22(25)26/h3-11,22H,12-18H2,1-2H3. The summed E-state index contributed by atoms with van der Waals surface area (Å²) >= 11 is 0. The molecule has 1 aliphatic heterocycles. The third-order valence-corrected chi connectivity index (χ3v) is 8.07. The van der Waals surface area contributed by atoms with Gasteiger partial charge in [0, 0.05) is 51.9 Å². The van der Waals surface area contributed by atoms with Gasteiger partial charge in [-0.3, -0.25) is 9.21 Å². The molecule has 3 aromatic rings. The summed E-state index contributed by atoms with van der Waals surface area (Å²) in [4.78, 5) is 4.53. The summed E-state index contributed by atoms with van der Waals surface area (Å²) in [5, 5.41) is 7.00. The SMILES string of the molecule is CN1CCN(CCN(C)S(=O)(=O)N(Cc2ccc(-c3nnc(C(F)F)o3)cc2)c2ccccc2)CC1. The molecule has 1 saturated heterocycles. The van der Waals surface area contributed by atoms with Crippen LogP contribution in [0.15, 0.2) is 59.0 Å². The molecule has 2 aromatic carbocycles. The van der Waals surface area contributed by atoms with Crippen molar-refractivity contribution in [3.63, 3.8) is 0 Å². The van der Waals surface area contributed by atoms with Crippen molar-refractivity contribution in [3.8, 4) is 11.5 Å². The van der Waals surface area contributed by atoms with E-state index in [2.05, 4.69) is 27.0 Å². The van der Waals surface area contributed by atoms with E-state index in [9.17, 15) is 17.2 Å². The number of rotatable bonds is 10. The van der Waals surface area contributed by atoms with E-state index in [0.717, 1.165) is 26.2 Å². The Bertz CT molecular complexity index is 1220. The Kier molecular flexibility index (Phi) is 8.29. The van der Waals surface area contributed by atoms with Crippen molar-refractivity contribution in [1.82, 2.24) is 24.3 Å². The fraction of sp³-hybridized carbons (Fsp3) is 0.417. The third kappa shape index (κ3) is 6.25. The Hall–Kier alpha value is -2.93. The van der Waals surface area contributed by atoms with Crippen LogP contribution in [0.3, 0.4) is 0 Å². The van der Waals surface area contributed by atoms with Gasteiger partial charge in [0.05, 0.1) is 12.2 Å². The first kappa shape index (κ1) is 26.1. The molecule has 1 aromatic heterocycles. The van der Waals surface area contributed by atoms with Gasteiger partial charge in [-0.1, -0.05) is 30.3 Å². The number of hydrogen-bond acceptors (Lipinski definition) is 7. The lowest BCUT2D eigenvalue weighted by Crippen LogP contribution is -2.49. The number of halogens is 2. The van der Waals surface area contributed by atoms with Crippen molar-refractivity contribution in [2.45, 2.75) is 13.0 Å². The summed E-state index contributed by atoms with van der Waals surface area (Å²) in [6.45, 7) is 4.89. The molecular weight excluding hydrogens is 490 g/mol. The van der Waals surface area contributed by atoms with Crippen LogP contribution < -0.4 is 4.31 Å². The van der Waals surface area contributed by atoms with Crippen molar-refractivity contribution in [1.29, 1.82) is 0 Å². The van der Waals surface area contributed by atoms with Gasteiger partial charge < -0.3 is 9.32 Å². The lowest BCUT2D eigenvalue weighted by Gasteiger charge is -2.34. The van der Waals surface area contributed by atoms with E-state index >= 15 is 0 Å². The summed E-state index contributed by atoms with van der Waals surface area (Å²) in [7, 11) is -0.145. The Morgan fingerprint density at radius 2 is 1.67 bits per heavy atom. The molecule has 2 heterocycles. The van der Waals surface area contributed by atoms with Crippen molar-refractivity contribution in [2.75, 3.05) is 57.7 Å². The number of para-hydroxylation sites is 1. The predicted octanol–water partition coefficient (Wildman–Crippen LogP) is 3.10. The molecule has 0 unspecified atom stereocenters. The minimum atomic E-state index is -3.83. The van der Waals surface area contributed by atoms with Gasteiger partial charge in [-0.25, -0.2) is 0 Å². The molecule has 0 amide bonds. The van der Waals surface area contributed by atoms with Crippen molar-refractivity contribution >= 4 is 15.9 Å². The van der Waals surface area contributed by atoms with E-state index in [1.165, 1.54) is 8.61 Å². The van der Waals surface area contributed by atoms with Crippen molar-refractivity contribution < 1.29 is 21.6 Å². The minimum Gasteiger partial charge on any atom is -0.415 e. The maximum Gasteiger partial charge on any atom is 0.314 e. The van der Waals surface area contributed by atoms with Gasteiger partial charge in [-0.05, 0) is 36.9 Å². The lowest BCUT2D eigenvalue weighted by atomic mass is 10.1. The van der Waals surface area contributed by atoms with Gasteiger partial charge in [-0.15, -0.1) is 10.2 Å². The van der Waals surface area contributed by atoms with Gasteiger partial charge in [0.2, 0.25) is 5.89 Å². The Morgan fingerprint density at radius 1 is 1.00 bits per heavy atom. The molecule has 1 aliphatic rings. The highest BCUT2D eigenvalue weighted by Crippen LogP contribution is 2.26. The highest BCUT2D eigenvalue weighted by molar-refractivity contribution is 7.90. The minimum absolute atomic E-state index is 0.0203. The number of anilines is 1. The van der Waals surface area contributed by atoms with Crippen LogP contribution in [0, 0.1) is 0 Å². The van der Waals surface area contributed by atoms with E-state index in [4.69, 9.17) is 4.42 Å². The van der Waals surface area contributed by atoms with Crippen LogP contribution in [0.4, 0.5) is 14.5 Å². The zero-order valence-corrected chi connectivity index (χ0v) is 21.1. The monoisotopic (exact) mass is 520 g/mol. The molecule has 9 nitrogen and oxygen atoms in total. The number of piperazine rings is 1. The summed E-state index contributed by atoms with van der Waals surface area (Å²) in [6.07, 6.45) is -2.84. The molecule has 12 heteroatoms. The first-order chi connectivity index (χ1) is 17.2. The molecule has 36 heavy (non-hydrogen) atoms. The van der Waals surface area contributed by atoms with Gasteiger partial charge in [0.25, 0.3) is 5.89 Å². The second-order valence-corrected chi connectivity index (χ2v) is 10.7. The third-order valence-electron chi connectivity index (χ3n) is 6.20. The number of alkyl halides is 2. The molecule has 0 aliphatic carbocycles. The zero-order chi connectivity index (χ0) is 25.7. The fourth-order valence-electron chi connectivity index (χ4n) is 3.90. The molecule has 0 spiro atoms. The number of likely N-dealkylation sites (N-methyl/N-ethyl adjacent to an activating group) is 2. The number of hydrogen-bond donors (Lipinski definition) is 0. The normalized spacial score (nSPS) is 15.6. The zero-order valence-electron chi connectivity index (χ0n) is 20.3. The smallest absolute Gasteiger partial charge is 0.314 e. The first-order valence-corrected chi connectivity index (χ1v) is 13.0. The molecule has 4 rings (SSSR count). The average molecular weight is 521 g/mol. The molecule has 0 radical (unpaired) electrons. The largest absolute Gasteiger partial charge is 0.415 e. The van der Waals surface area contributed by atoms with Crippen molar-refractivity contribution in [3.05, 3.63) is 66.1 Å². The van der Waals surface area contributed by atoms with Crippen LogP contribution in [0.5, 0.6) is 0 Å². The van der Waals surface area contributed by atoms with E-state index < -0.39 is 22.5 Å². The molecule has 0 bridgehead atoms. The van der Waals surface area contributed by atoms with Crippen LogP contribution in [-0.4, -0.2) is 86.1 Å². The topological polar surface area (TPSA) is 86.0 Å². The second kappa shape index (κ2) is 11.4. The lowest BCUT2D eigenvalue weighted by molar-refractivity contribution is 0.116. The summed E-state index contributed by atoms with van der Waals surface area (Å²) in [6, 6.07) is 15.7. The van der Waals surface area contributed by atoms with Crippen LogP contribution in [0.1, 0.15) is 17.9 Å². The van der Waals surface area contributed by atoms with Gasteiger partial charge in [0.15, 0.2) is 0 Å². The Morgan fingerprint density at radius 3 is 2.28 bits per heavy atom. The predicted molar refractivity (Wildman–Crippen MR) is 133 cm³/mol. The van der Waals surface area contributed by atoms with Gasteiger partial charge in [-0.2, -0.15) is 21.5 Å². The van der Waals surface area contributed by atoms with E-state index in [1.54, 1.807) is 55.6 Å². The Balaban J connectivity index is 1.49. The summed E-state index contributed by atoms with van der Waals surface area (Å²) in [5.41, 5.74) is 1.73. The van der Waals surface area contributed by atoms with E-state index in [0.29, 0.717) is 29.9 Å². The number of aromatic nitrogens is 2. The van der Waals surface area contributed by atoms with Gasteiger partial charge in [0.1, 0.15) is 0 Å². The van der Waals surface area contributed by atoms with Crippen LogP contribution in [0.25, 0.3) is 11.5 Å². The Labute approximate surface area is 210 Å². The van der Waals surface area contributed by atoms with Crippen LogP contribution >= 0.6 is 0 Å². The van der Waals surface area contributed by atoms with Crippen LogP contribution in [0.2, 0.25) is 0 Å². The van der Waals surface area contributed by atoms with Crippen LogP contribution in [-0.2, 0) is 16.8 Å². The van der Waals surface area contributed by atoms with Crippen molar-refractivity contribution in [2.24, 2.45) is 0 Å². The maximum atomic E-state index is 13.6.